The number of allylic oxidation sites excluding steroid dienone is 3. The average molecular weight is 245 g/mol. The van der Waals surface area contributed by atoms with Gasteiger partial charge in [-0.1, -0.05) is 23.3 Å². The molecule has 0 nitrogen and oxygen atoms in total. The summed E-state index contributed by atoms with van der Waals surface area (Å²) in [6, 6.07) is 0. The van der Waals surface area contributed by atoms with Crippen molar-refractivity contribution >= 4 is 21.6 Å². The highest BCUT2D eigenvalue weighted by Crippen LogP contribution is 2.56. The van der Waals surface area contributed by atoms with Crippen molar-refractivity contribution in [3.05, 3.63) is 23.3 Å². The van der Waals surface area contributed by atoms with Crippen LogP contribution in [0.1, 0.15) is 32.6 Å². The summed E-state index contributed by atoms with van der Waals surface area (Å²) >= 11 is 6.21. The van der Waals surface area contributed by atoms with Gasteiger partial charge in [0.2, 0.25) is 0 Å². The van der Waals surface area contributed by atoms with Crippen LogP contribution in [0.4, 0.5) is 0 Å². The van der Waals surface area contributed by atoms with Crippen LogP contribution in [0.3, 0.4) is 0 Å². The second kappa shape index (κ2) is 4.97. The Morgan fingerprint density at radius 1 is 1.20 bits per heavy atom. The van der Waals surface area contributed by atoms with Crippen molar-refractivity contribution in [1.82, 2.24) is 0 Å². The summed E-state index contributed by atoms with van der Waals surface area (Å²) in [6.07, 6.45) is 10.1. The lowest BCUT2D eigenvalue weighted by Crippen LogP contribution is -2.11. The number of hydrogen-bond donors (Lipinski definition) is 0. The maximum atomic E-state index is 6.21. The molecule has 86 valence electrons. The Hall–Kier alpha value is 0.120. The first kappa shape index (κ1) is 11.6. The first-order valence-corrected chi connectivity index (χ1v) is 8.74. The number of hydrogen-bond acceptors (Lipinski definition) is 0. The molecule has 0 saturated carbocycles. The monoisotopic (exact) mass is 244 g/mol. The predicted molar refractivity (Wildman–Crippen MR) is 73.2 cm³/mol. The number of halogens is 1. The third-order valence-corrected chi connectivity index (χ3v) is 8.72. The Morgan fingerprint density at radius 3 is 2.47 bits per heavy atom. The smallest absolute Gasteiger partial charge is 0.0530 e. The van der Waals surface area contributed by atoms with E-state index in [1.54, 1.807) is 5.57 Å². The fourth-order valence-electron chi connectivity index (χ4n) is 2.51. The normalized spacial score (nSPS) is 27.1. The zero-order valence-corrected chi connectivity index (χ0v) is 11.2. The molecule has 2 rings (SSSR count). The van der Waals surface area contributed by atoms with Crippen LogP contribution in [0.5, 0.6) is 0 Å². The fourth-order valence-corrected chi connectivity index (χ4v) is 6.84. The van der Waals surface area contributed by atoms with Crippen molar-refractivity contribution in [2.24, 2.45) is 0 Å². The van der Waals surface area contributed by atoms with E-state index in [0.29, 0.717) is 0 Å². The van der Waals surface area contributed by atoms with Crippen molar-refractivity contribution in [3.8, 4) is 0 Å². The summed E-state index contributed by atoms with van der Waals surface area (Å²) < 4.78 is 0. The molecule has 0 aromatic rings. The summed E-state index contributed by atoms with van der Waals surface area (Å²) in [5, 5.41) is 0.938. The van der Waals surface area contributed by atoms with Gasteiger partial charge in [-0.15, -0.1) is 11.6 Å². The molecule has 0 bridgehead atoms. The Kier molecular flexibility index (Phi) is 3.84. The molecule has 0 unspecified atom stereocenters. The van der Waals surface area contributed by atoms with E-state index in [-0.39, 0.29) is 0 Å². The van der Waals surface area contributed by atoms with E-state index in [1.807, 2.05) is 0 Å². The standard InChI is InChI=1S/C13H21ClS/c1-12-4-6-13(7-5-12)10-15(11-14)8-2-3-9-15/h4,6H,2-3,5,7-11H2,1H3. The minimum absolute atomic E-state index is 0.448. The molecule has 15 heavy (non-hydrogen) atoms. The minimum atomic E-state index is -0.448. The molecule has 1 saturated heterocycles. The molecule has 0 N–H and O–H groups in total. The van der Waals surface area contributed by atoms with E-state index >= 15 is 0 Å². The van der Waals surface area contributed by atoms with Crippen LogP contribution in [0, 0.1) is 0 Å². The molecule has 1 heterocycles. The van der Waals surface area contributed by atoms with Crippen LogP contribution < -0.4 is 0 Å². The van der Waals surface area contributed by atoms with Crippen LogP contribution in [0.25, 0.3) is 0 Å². The SMILES string of the molecule is CC1=CC=C(CS2(CCl)CCCC2)CC1. The first-order chi connectivity index (χ1) is 7.24. The Labute approximate surface area is 100 Å². The van der Waals surface area contributed by atoms with Crippen molar-refractivity contribution in [3.63, 3.8) is 0 Å². The molecule has 0 amide bonds. The third-order valence-electron chi connectivity index (χ3n) is 3.57. The van der Waals surface area contributed by atoms with Crippen molar-refractivity contribution in [2.45, 2.75) is 32.6 Å². The molecule has 0 aromatic heterocycles. The zero-order valence-electron chi connectivity index (χ0n) is 9.60. The summed E-state index contributed by atoms with van der Waals surface area (Å²) in [7, 11) is -0.448. The van der Waals surface area contributed by atoms with Gasteiger partial charge >= 0.3 is 0 Å². The van der Waals surface area contributed by atoms with Crippen LogP contribution in [-0.4, -0.2) is 22.5 Å². The lowest BCUT2D eigenvalue weighted by molar-refractivity contribution is 0.907. The van der Waals surface area contributed by atoms with E-state index in [2.05, 4.69) is 19.1 Å². The second-order valence-electron chi connectivity index (χ2n) is 4.93. The molecule has 1 aliphatic heterocycles. The Morgan fingerprint density at radius 2 is 1.93 bits per heavy atom. The van der Waals surface area contributed by atoms with Crippen molar-refractivity contribution < 1.29 is 0 Å². The molecular formula is C13H21ClS. The summed E-state index contributed by atoms with van der Waals surface area (Å²) in [6.45, 7) is 2.23. The van der Waals surface area contributed by atoms with Gasteiger partial charge in [0.25, 0.3) is 0 Å². The van der Waals surface area contributed by atoms with E-state index < -0.39 is 10.0 Å². The Bertz CT molecular complexity index is 285. The van der Waals surface area contributed by atoms with Crippen molar-refractivity contribution in [1.29, 1.82) is 0 Å². The van der Waals surface area contributed by atoms with E-state index in [9.17, 15) is 0 Å². The van der Waals surface area contributed by atoms with Gasteiger partial charge in [-0.05, 0) is 49.9 Å². The molecule has 1 aliphatic carbocycles. The summed E-state index contributed by atoms with van der Waals surface area (Å²) in [4.78, 5) is 0. The van der Waals surface area contributed by atoms with Gasteiger partial charge in [0, 0.05) is 0 Å². The van der Waals surface area contributed by atoms with Gasteiger partial charge in [0.15, 0.2) is 0 Å². The molecule has 0 spiro atoms. The average Bonchev–Trinajstić information content (AvgIpc) is 2.71. The quantitative estimate of drug-likeness (QED) is 0.644. The van der Waals surface area contributed by atoms with Gasteiger partial charge in [0.1, 0.15) is 0 Å². The summed E-state index contributed by atoms with van der Waals surface area (Å²) in [5.74, 6) is 4.19. The van der Waals surface area contributed by atoms with Crippen molar-refractivity contribution in [2.75, 3.05) is 22.5 Å². The van der Waals surface area contributed by atoms with Crippen LogP contribution in [0.15, 0.2) is 23.3 Å². The predicted octanol–water partition coefficient (Wildman–Crippen LogP) is 4.45. The fraction of sp³-hybridized carbons (Fsp3) is 0.692. The van der Waals surface area contributed by atoms with Gasteiger partial charge in [-0.3, -0.25) is 0 Å². The second-order valence-corrected chi connectivity index (χ2v) is 9.36. The third kappa shape index (κ3) is 2.82. The van der Waals surface area contributed by atoms with E-state index in [4.69, 9.17) is 11.6 Å². The van der Waals surface area contributed by atoms with Gasteiger partial charge in [-0.2, -0.15) is 0 Å². The molecule has 2 heteroatoms. The lowest BCUT2D eigenvalue weighted by atomic mass is 10.0. The molecule has 0 aromatic carbocycles. The molecule has 0 atom stereocenters. The van der Waals surface area contributed by atoms with E-state index in [0.717, 1.165) is 5.21 Å². The topological polar surface area (TPSA) is 0 Å². The largest absolute Gasteiger partial charge is 0.224 e. The zero-order chi connectivity index (χ0) is 10.7. The van der Waals surface area contributed by atoms with Crippen LogP contribution in [0.2, 0.25) is 0 Å². The molecular weight excluding hydrogens is 224 g/mol. The maximum Gasteiger partial charge on any atom is 0.0530 e. The number of alkyl halides is 1. The van der Waals surface area contributed by atoms with Crippen LogP contribution in [-0.2, 0) is 0 Å². The molecule has 2 aliphatic rings. The van der Waals surface area contributed by atoms with E-state index in [1.165, 1.54) is 48.5 Å². The highest BCUT2D eigenvalue weighted by molar-refractivity contribution is 8.34. The minimum Gasteiger partial charge on any atom is -0.224 e. The lowest BCUT2D eigenvalue weighted by Gasteiger charge is -2.34. The van der Waals surface area contributed by atoms with Gasteiger partial charge in [0.05, 0.1) is 5.21 Å². The number of rotatable bonds is 3. The highest BCUT2D eigenvalue weighted by atomic mass is 35.5. The van der Waals surface area contributed by atoms with Gasteiger partial charge < -0.3 is 0 Å². The van der Waals surface area contributed by atoms with Crippen LogP contribution >= 0.6 is 21.6 Å². The summed E-state index contributed by atoms with van der Waals surface area (Å²) in [5.41, 5.74) is 3.19. The Balaban J connectivity index is 2.01. The maximum absolute atomic E-state index is 6.21. The highest BCUT2D eigenvalue weighted by Gasteiger charge is 2.28. The molecule has 0 radical (unpaired) electrons. The molecule has 1 fully saturated rings. The first-order valence-electron chi connectivity index (χ1n) is 5.89. The van der Waals surface area contributed by atoms with Gasteiger partial charge in [-0.25, -0.2) is 10.0 Å².